The number of carbonyl (C=O) groups is 1. The third-order valence-electron chi connectivity index (χ3n) is 3.47. The van der Waals surface area contributed by atoms with Crippen LogP contribution in [0.25, 0.3) is 0 Å². The van der Waals surface area contributed by atoms with Gasteiger partial charge in [-0.15, -0.1) is 0 Å². The molecule has 3 nitrogen and oxygen atoms in total. The molecule has 20 heavy (non-hydrogen) atoms. The molecular weight excluding hydrogens is 269 g/mol. The molecule has 0 spiro atoms. The van der Waals surface area contributed by atoms with E-state index in [1.807, 2.05) is 0 Å². The smallest absolute Gasteiger partial charge is 0.241 e. The highest BCUT2D eigenvalue weighted by Gasteiger charge is 2.21. The Kier molecular flexibility index (Phi) is 4.52. The summed E-state index contributed by atoms with van der Waals surface area (Å²) in [5, 5.41) is 2.52. The topological polar surface area (TPSA) is 32.3 Å². The second-order valence-corrected chi connectivity index (χ2v) is 5.16. The number of hydrogen-bond donors (Lipinski definition) is 1. The van der Waals surface area contributed by atoms with Crippen molar-refractivity contribution in [3.8, 4) is 0 Å². The van der Waals surface area contributed by atoms with E-state index < -0.39 is 17.5 Å². The number of nitrogens with zero attached hydrogens (tertiary/aromatic N) is 1. The average Bonchev–Trinajstić information content (AvgIpc) is 2.44. The van der Waals surface area contributed by atoms with Crippen molar-refractivity contribution in [2.45, 2.75) is 19.8 Å². The number of hydrogen-bond acceptors (Lipinski definition) is 2. The minimum Gasteiger partial charge on any atom is -0.374 e. The van der Waals surface area contributed by atoms with Gasteiger partial charge in [0.05, 0.1) is 12.2 Å². The van der Waals surface area contributed by atoms with Crippen molar-refractivity contribution < 1.29 is 18.0 Å². The predicted octanol–water partition coefficient (Wildman–Crippen LogP) is 2.77. The lowest BCUT2D eigenvalue weighted by Crippen LogP contribution is -2.42. The summed E-state index contributed by atoms with van der Waals surface area (Å²) < 4.78 is 39.2. The molecule has 0 aliphatic carbocycles. The molecule has 1 amide bonds. The van der Waals surface area contributed by atoms with Gasteiger partial charge in [-0.1, -0.05) is 6.92 Å². The number of likely N-dealkylation sites (tertiary alicyclic amines) is 1. The predicted molar refractivity (Wildman–Crippen MR) is 69.8 cm³/mol. The molecule has 1 aromatic carbocycles. The summed E-state index contributed by atoms with van der Waals surface area (Å²) in [6.07, 6.45) is 2.04. The lowest BCUT2D eigenvalue weighted by Gasteiger charge is -2.31. The van der Waals surface area contributed by atoms with Gasteiger partial charge in [-0.25, -0.2) is 13.2 Å². The van der Waals surface area contributed by atoms with Crippen LogP contribution in [-0.4, -0.2) is 30.4 Å². The first kappa shape index (κ1) is 14.7. The van der Waals surface area contributed by atoms with Gasteiger partial charge < -0.3 is 10.2 Å². The fourth-order valence-electron chi connectivity index (χ4n) is 2.36. The summed E-state index contributed by atoms with van der Waals surface area (Å²) in [6.45, 7) is 3.31. The largest absolute Gasteiger partial charge is 0.374 e. The number of benzene rings is 1. The second kappa shape index (κ2) is 6.15. The van der Waals surface area contributed by atoms with Crippen molar-refractivity contribution in [3.63, 3.8) is 0 Å². The van der Waals surface area contributed by atoms with Crippen LogP contribution in [0.5, 0.6) is 0 Å². The van der Waals surface area contributed by atoms with Crippen LogP contribution in [-0.2, 0) is 4.79 Å². The Hall–Kier alpha value is -1.72. The van der Waals surface area contributed by atoms with E-state index in [0.717, 1.165) is 25.0 Å². The molecule has 0 bridgehead atoms. The molecular formula is C14H17F3N2O. The number of halogens is 3. The molecule has 2 rings (SSSR count). The van der Waals surface area contributed by atoms with Crippen LogP contribution in [0.1, 0.15) is 19.8 Å². The number of piperidine rings is 1. The zero-order chi connectivity index (χ0) is 14.7. The maximum atomic E-state index is 13.4. The third kappa shape index (κ3) is 3.23. The van der Waals surface area contributed by atoms with Crippen molar-refractivity contribution in [2.24, 2.45) is 5.92 Å². The first-order valence-electron chi connectivity index (χ1n) is 6.64. The molecule has 0 radical (unpaired) electrons. The highest BCUT2D eigenvalue weighted by Crippen LogP contribution is 2.20. The first-order valence-corrected chi connectivity index (χ1v) is 6.64. The normalized spacial score (nSPS) is 19.0. The molecule has 1 aliphatic rings. The van der Waals surface area contributed by atoms with Gasteiger partial charge >= 0.3 is 0 Å². The molecule has 1 aromatic rings. The van der Waals surface area contributed by atoms with Crippen LogP contribution < -0.4 is 5.32 Å². The SMILES string of the molecule is CC1CCCN(C(=O)CNc2ccc(F)c(F)c2F)C1. The van der Waals surface area contributed by atoms with E-state index in [1.165, 1.54) is 0 Å². The summed E-state index contributed by atoms with van der Waals surface area (Å²) in [4.78, 5) is 13.7. The molecule has 0 saturated carbocycles. The number of carbonyl (C=O) groups excluding carboxylic acids is 1. The van der Waals surface area contributed by atoms with Gasteiger partial charge in [0.25, 0.3) is 0 Å². The summed E-state index contributed by atoms with van der Waals surface area (Å²) in [7, 11) is 0. The standard InChI is InChI=1S/C14H17F3N2O/c1-9-3-2-6-19(8-9)12(20)7-18-11-5-4-10(15)13(16)14(11)17/h4-5,9,18H,2-3,6-8H2,1H3. The minimum atomic E-state index is -1.53. The van der Waals surface area contributed by atoms with E-state index in [-0.39, 0.29) is 18.1 Å². The summed E-state index contributed by atoms with van der Waals surface area (Å²) >= 11 is 0. The Balaban J connectivity index is 1.95. The van der Waals surface area contributed by atoms with E-state index in [2.05, 4.69) is 12.2 Å². The average molecular weight is 286 g/mol. The summed E-state index contributed by atoms with van der Waals surface area (Å²) in [6, 6.07) is 1.91. The highest BCUT2D eigenvalue weighted by atomic mass is 19.2. The van der Waals surface area contributed by atoms with Gasteiger partial charge in [-0.05, 0) is 30.9 Å². The summed E-state index contributed by atoms with van der Waals surface area (Å²) in [5.74, 6) is -3.79. The molecule has 1 fully saturated rings. The fourth-order valence-corrected chi connectivity index (χ4v) is 2.36. The van der Waals surface area contributed by atoms with Crippen LogP contribution in [0.4, 0.5) is 18.9 Å². The van der Waals surface area contributed by atoms with Crippen molar-refractivity contribution in [3.05, 3.63) is 29.6 Å². The zero-order valence-corrected chi connectivity index (χ0v) is 11.3. The Morgan fingerprint density at radius 2 is 2.10 bits per heavy atom. The Labute approximate surface area is 115 Å². The maximum Gasteiger partial charge on any atom is 0.241 e. The van der Waals surface area contributed by atoms with E-state index in [9.17, 15) is 18.0 Å². The van der Waals surface area contributed by atoms with Crippen LogP contribution in [0.2, 0.25) is 0 Å². The van der Waals surface area contributed by atoms with Crippen molar-refractivity contribution in [1.82, 2.24) is 4.90 Å². The molecule has 0 aromatic heterocycles. The van der Waals surface area contributed by atoms with Gasteiger partial charge in [0.2, 0.25) is 5.91 Å². The van der Waals surface area contributed by atoms with Crippen molar-refractivity contribution >= 4 is 11.6 Å². The van der Waals surface area contributed by atoms with E-state index in [0.29, 0.717) is 19.0 Å². The molecule has 1 heterocycles. The molecule has 6 heteroatoms. The van der Waals surface area contributed by atoms with Crippen LogP contribution in [0, 0.1) is 23.4 Å². The van der Waals surface area contributed by atoms with Crippen molar-refractivity contribution in [2.75, 3.05) is 25.0 Å². The fraction of sp³-hybridized carbons (Fsp3) is 0.500. The Morgan fingerprint density at radius 3 is 2.80 bits per heavy atom. The van der Waals surface area contributed by atoms with Crippen LogP contribution in [0.3, 0.4) is 0 Å². The van der Waals surface area contributed by atoms with Gasteiger partial charge in [0.15, 0.2) is 17.5 Å². The second-order valence-electron chi connectivity index (χ2n) is 5.16. The molecule has 1 aliphatic heterocycles. The third-order valence-corrected chi connectivity index (χ3v) is 3.47. The first-order chi connectivity index (χ1) is 9.49. The Bertz CT molecular complexity index is 507. The summed E-state index contributed by atoms with van der Waals surface area (Å²) in [5.41, 5.74) is -0.206. The van der Waals surface area contributed by atoms with Crippen LogP contribution >= 0.6 is 0 Å². The van der Waals surface area contributed by atoms with E-state index in [1.54, 1.807) is 4.90 Å². The molecule has 1 unspecified atom stereocenters. The van der Waals surface area contributed by atoms with Gasteiger partial charge in [0, 0.05) is 13.1 Å². The van der Waals surface area contributed by atoms with Crippen molar-refractivity contribution in [1.29, 1.82) is 0 Å². The maximum absolute atomic E-state index is 13.4. The number of amides is 1. The molecule has 1 atom stereocenters. The van der Waals surface area contributed by atoms with Gasteiger partial charge in [-0.3, -0.25) is 4.79 Å². The van der Waals surface area contributed by atoms with Gasteiger partial charge in [0.1, 0.15) is 0 Å². The zero-order valence-electron chi connectivity index (χ0n) is 11.3. The van der Waals surface area contributed by atoms with Gasteiger partial charge in [-0.2, -0.15) is 0 Å². The Morgan fingerprint density at radius 1 is 1.35 bits per heavy atom. The monoisotopic (exact) mass is 286 g/mol. The minimum absolute atomic E-state index is 0.130. The molecule has 1 saturated heterocycles. The highest BCUT2D eigenvalue weighted by molar-refractivity contribution is 5.81. The van der Waals surface area contributed by atoms with E-state index >= 15 is 0 Å². The number of anilines is 1. The number of nitrogens with one attached hydrogen (secondary N) is 1. The molecule has 110 valence electrons. The lowest BCUT2D eigenvalue weighted by atomic mass is 10.0. The van der Waals surface area contributed by atoms with Crippen LogP contribution in [0.15, 0.2) is 12.1 Å². The van der Waals surface area contributed by atoms with E-state index in [4.69, 9.17) is 0 Å². The molecule has 1 N–H and O–H groups in total. The number of rotatable bonds is 3. The lowest BCUT2D eigenvalue weighted by molar-refractivity contribution is -0.130. The quantitative estimate of drug-likeness (QED) is 0.867.